The Kier molecular flexibility index (Phi) is 10.1. The standard InChI is InChI=1S/C25H27ClN2O.2ClH/c1-27-14-16-28(17-15-27)25(21-10-12-23(26)13-11-21)22-8-5-9-24(18-22)29-19-20-6-3-2-4-7-20;;/h2-13,18,25H,14-17,19H2,1H3;2*1H. The fraction of sp³-hybridized carbons (Fsp3) is 0.280. The first-order chi connectivity index (χ1) is 14.2. The third-order valence-electron chi connectivity index (χ3n) is 5.51. The average molecular weight is 480 g/mol. The van der Waals surface area contributed by atoms with E-state index in [9.17, 15) is 0 Å². The molecule has 31 heavy (non-hydrogen) atoms. The molecule has 166 valence electrons. The van der Waals surface area contributed by atoms with Crippen LogP contribution in [0.2, 0.25) is 5.02 Å². The van der Waals surface area contributed by atoms with Crippen molar-refractivity contribution in [3.63, 3.8) is 0 Å². The minimum Gasteiger partial charge on any atom is -0.489 e. The van der Waals surface area contributed by atoms with Gasteiger partial charge in [-0.1, -0.05) is 66.2 Å². The van der Waals surface area contributed by atoms with E-state index in [1.54, 1.807) is 0 Å². The predicted molar refractivity (Wildman–Crippen MR) is 134 cm³/mol. The Morgan fingerprint density at radius 1 is 0.806 bits per heavy atom. The van der Waals surface area contributed by atoms with E-state index >= 15 is 0 Å². The van der Waals surface area contributed by atoms with E-state index < -0.39 is 0 Å². The summed E-state index contributed by atoms with van der Waals surface area (Å²) in [6.07, 6.45) is 0. The van der Waals surface area contributed by atoms with Crippen molar-refractivity contribution in [2.24, 2.45) is 0 Å². The van der Waals surface area contributed by atoms with Crippen LogP contribution in [0.5, 0.6) is 5.75 Å². The number of benzene rings is 3. The van der Waals surface area contributed by atoms with Gasteiger partial charge in [0.2, 0.25) is 0 Å². The van der Waals surface area contributed by atoms with Gasteiger partial charge in [0.05, 0.1) is 6.04 Å². The Hall–Kier alpha value is -1.75. The lowest BCUT2D eigenvalue weighted by atomic mass is 9.96. The van der Waals surface area contributed by atoms with Gasteiger partial charge in [0.1, 0.15) is 12.4 Å². The van der Waals surface area contributed by atoms with Crippen LogP contribution in [0.25, 0.3) is 0 Å². The molecule has 1 saturated heterocycles. The summed E-state index contributed by atoms with van der Waals surface area (Å²) in [7, 11) is 2.19. The zero-order valence-corrected chi connectivity index (χ0v) is 20.0. The number of rotatable bonds is 6. The summed E-state index contributed by atoms with van der Waals surface area (Å²) in [5.74, 6) is 0.902. The van der Waals surface area contributed by atoms with E-state index in [2.05, 4.69) is 59.3 Å². The van der Waals surface area contributed by atoms with Gasteiger partial charge >= 0.3 is 0 Å². The van der Waals surface area contributed by atoms with E-state index in [-0.39, 0.29) is 30.9 Å². The third kappa shape index (κ3) is 6.86. The van der Waals surface area contributed by atoms with Crippen molar-refractivity contribution in [1.82, 2.24) is 9.80 Å². The topological polar surface area (TPSA) is 15.7 Å². The highest BCUT2D eigenvalue weighted by molar-refractivity contribution is 6.30. The van der Waals surface area contributed by atoms with Crippen LogP contribution in [0, 0.1) is 0 Å². The first-order valence-corrected chi connectivity index (χ1v) is 10.5. The molecule has 0 aromatic heterocycles. The number of hydrogen-bond donors (Lipinski definition) is 0. The minimum atomic E-state index is 0. The Bertz CT molecular complexity index is 914. The van der Waals surface area contributed by atoms with Gasteiger partial charge in [0, 0.05) is 31.2 Å². The summed E-state index contributed by atoms with van der Waals surface area (Å²) < 4.78 is 6.09. The monoisotopic (exact) mass is 478 g/mol. The molecule has 0 amide bonds. The molecule has 0 aliphatic carbocycles. The molecule has 1 fully saturated rings. The number of likely N-dealkylation sites (N-methyl/N-ethyl adjacent to an activating group) is 1. The maximum Gasteiger partial charge on any atom is 0.120 e. The Balaban J connectivity index is 0.00000171. The Morgan fingerprint density at radius 3 is 2.16 bits per heavy atom. The molecule has 0 N–H and O–H groups in total. The van der Waals surface area contributed by atoms with E-state index in [0.29, 0.717) is 6.61 Å². The number of ether oxygens (including phenoxy) is 1. The van der Waals surface area contributed by atoms with Crippen LogP contribution in [0.4, 0.5) is 0 Å². The summed E-state index contributed by atoms with van der Waals surface area (Å²) in [6, 6.07) is 27.2. The zero-order chi connectivity index (χ0) is 20.1. The fourth-order valence-electron chi connectivity index (χ4n) is 3.85. The van der Waals surface area contributed by atoms with Gasteiger partial charge in [-0.3, -0.25) is 4.90 Å². The fourth-order valence-corrected chi connectivity index (χ4v) is 3.98. The summed E-state index contributed by atoms with van der Waals surface area (Å²) in [6.45, 7) is 4.81. The first kappa shape index (κ1) is 25.5. The SMILES string of the molecule is CN1CCN(C(c2ccc(Cl)cc2)c2cccc(OCc3ccccc3)c2)CC1.Cl.Cl. The van der Waals surface area contributed by atoms with Gasteiger partial charge in [-0.2, -0.15) is 0 Å². The van der Waals surface area contributed by atoms with Gasteiger partial charge in [-0.05, 0) is 48.0 Å². The maximum atomic E-state index is 6.15. The zero-order valence-electron chi connectivity index (χ0n) is 17.6. The average Bonchev–Trinajstić information content (AvgIpc) is 2.76. The molecule has 1 atom stereocenters. The van der Waals surface area contributed by atoms with Crippen molar-refractivity contribution in [3.05, 3.63) is 101 Å². The van der Waals surface area contributed by atoms with Crippen LogP contribution in [-0.2, 0) is 6.61 Å². The second-order valence-corrected chi connectivity index (χ2v) is 8.08. The molecule has 0 spiro atoms. The molecule has 3 aromatic rings. The summed E-state index contributed by atoms with van der Waals surface area (Å²) in [4.78, 5) is 4.94. The van der Waals surface area contributed by atoms with Crippen molar-refractivity contribution in [2.75, 3.05) is 33.2 Å². The van der Waals surface area contributed by atoms with E-state index in [1.807, 2.05) is 36.4 Å². The largest absolute Gasteiger partial charge is 0.489 e. The predicted octanol–water partition coefficient (Wildman–Crippen LogP) is 6.10. The lowest BCUT2D eigenvalue weighted by Crippen LogP contribution is -2.46. The molecular weight excluding hydrogens is 451 g/mol. The van der Waals surface area contributed by atoms with Crippen LogP contribution in [0.3, 0.4) is 0 Å². The Morgan fingerprint density at radius 2 is 1.48 bits per heavy atom. The lowest BCUT2D eigenvalue weighted by Gasteiger charge is -2.38. The normalized spacial score (nSPS) is 15.4. The van der Waals surface area contributed by atoms with Crippen LogP contribution < -0.4 is 4.74 Å². The molecule has 0 bridgehead atoms. The smallest absolute Gasteiger partial charge is 0.120 e. The highest BCUT2D eigenvalue weighted by Gasteiger charge is 2.25. The highest BCUT2D eigenvalue weighted by Crippen LogP contribution is 2.32. The lowest BCUT2D eigenvalue weighted by molar-refractivity contribution is 0.127. The molecule has 3 aromatic carbocycles. The van der Waals surface area contributed by atoms with Crippen LogP contribution >= 0.6 is 36.4 Å². The summed E-state index contributed by atoms with van der Waals surface area (Å²) in [5, 5.41) is 0.769. The molecule has 1 unspecified atom stereocenters. The molecule has 4 rings (SSSR count). The summed E-state index contributed by atoms with van der Waals surface area (Å²) >= 11 is 6.15. The molecule has 1 heterocycles. The van der Waals surface area contributed by atoms with Crippen molar-refractivity contribution < 1.29 is 4.74 Å². The van der Waals surface area contributed by atoms with Crippen LogP contribution in [0.1, 0.15) is 22.7 Å². The van der Waals surface area contributed by atoms with Gasteiger partial charge in [-0.25, -0.2) is 0 Å². The number of piperazine rings is 1. The molecular formula is C25H29Cl3N2O. The quantitative estimate of drug-likeness (QED) is 0.425. The third-order valence-corrected chi connectivity index (χ3v) is 5.76. The molecule has 0 saturated carbocycles. The second kappa shape index (κ2) is 12.3. The second-order valence-electron chi connectivity index (χ2n) is 7.64. The van der Waals surface area contributed by atoms with Gasteiger partial charge in [0.25, 0.3) is 0 Å². The minimum absolute atomic E-state index is 0. The molecule has 1 aliphatic heterocycles. The van der Waals surface area contributed by atoms with E-state index in [4.69, 9.17) is 16.3 Å². The van der Waals surface area contributed by atoms with E-state index in [0.717, 1.165) is 37.0 Å². The van der Waals surface area contributed by atoms with Crippen molar-refractivity contribution in [2.45, 2.75) is 12.6 Å². The molecule has 0 radical (unpaired) electrons. The first-order valence-electron chi connectivity index (χ1n) is 10.1. The number of halogens is 3. The van der Waals surface area contributed by atoms with E-state index in [1.165, 1.54) is 16.7 Å². The van der Waals surface area contributed by atoms with Crippen molar-refractivity contribution in [1.29, 1.82) is 0 Å². The Labute approximate surface area is 202 Å². The molecule has 3 nitrogen and oxygen atoms in total. The van der Waals surface area contributed by atoms with Crippen molar-refractivity contribution >= 4 is 36.4 Å². The number of hydrogen-bond acceptors (Lipinski definition) is 3. The number of nitrogens with zero attached hydrogens (tertiary/aromatic N) is 2. The summed E-state index contributed by atoms with van der Waals surface area (Å²) in [5.41, 5.74) is 3.69. The highest BCUT2D eigenvalue weighted by atomic mass is 35.5. The maximum absolute atomic E-state index is 6.15. The van der Waals surface area contributed by atoms with Gasteiger partial charge in [-0.15, -0.1) is 24.8 Å². The molecule has 1 aliphatic rings. The van der Waals surface area contributed by atoms with Crippen LogP contribution in [0.15, 0.2) is 78.9 Å². The van der Waals surface area contributed by atoms with Gasteiger partial charge < -0.3 is 9.64 Å². The molecule has 6 heteroatoms. The van der Waals surface area contributed by atoms with Crippen LogP contribution in [-0.4, -0.2) is 43.0 Å². The van der Waals surface area contributed by atoms with Gasteiger partial charge in [0.15, 0.2) is 0 Å². The van der Waals surface area contributed by atoms with Crippen molar-refractivity contribution in [3.8, 4) is 5.75 Å².